The van der Waals surface area contributed by atoms with Crippen LogP contribution in [0.2, 0.25) is 0 Å². The normalized spacial score (nSPS) is 12.2. The molecule has 1 heterocycles. The molecule has 0 spiro atoms. The average Bonchev–Trinajstić information content (AvgIpc) is 2.41. The summed E-state index contributed by atoms with van der Waals surface area (Å²) in [4.78, 5) is 4.28. The van der Waals surface area contributed by atoms with Crippen molar-refractivity contribution in [1.82, 2.24) is 4.98 Å². The zero-order valence-corrected chi connectivity index (χ0v) is 10.8. The number of pyridine rings is 1. The van der Waals surface area contributed by atoms with Gasteiger partial charge in [0.25, 0.3) is 0 Å². The molecule has 1 aromatic heterocycles. The summed E-state index contributed by atoms with van der Waals surface area (Å²) in [5.74, 6) is 0.778. The maximum Gasteiger partial charge on any atom is 0.121 e. The first-order chi connectivity index (χ1) is 8.63. The molecule has 0 aliphatic carbocycles. The average molecular weight is 243 g/mol. The molecule has 3 nitrogen and oxygen atoms in total. The summed E-state index contributed by atoms with van der Waals surface area (Å²) in [6.45, 7) is 3.99. The highest BCUT2D eigenvalue weighted by molar-refractivity contribution is 5.36. The third kappa shape index (κ3) is 2.36. The van der Waals surface area contributed by atoms with Crippen molar-refractivity contribution in [1.29, 1.82) is 0 Å². The molecule has 3 heteroatoms. The molecule has 0 aliphatic heterocycles. The van der Waals surface area contributed by atoms with Crippen molar-refractivity contribution < 1.29 is 9.84 Å². The van der Waals surface area contributed by atoms with Gasteiger partial charge in [-0.2, -0.15) is 0 Å². The van der Waals surface area contributed by atoms with Crippen molar-refractivity contribution in [3.8, 4) is 5.75 Å². The number of rotatable bonds is 3. The molecule has 0 saturated heterocycles. The Balaban J connectivity index is 2.35. The Kier molecular flexibility index (Phi) is 3.63. The second-order valence-corrected chi connectivity index (χ2v) is 4.31. The fourth-order valence-electron chi connectivity index (χ4n) is 1.87. The summed E-state index contributed by atoms with van der Waals surface area (Å²) in [6.07, 6.45) is 1.03. The molecule has 2 rings (SSSR count). The Bertz CT molecular complexity index is 535. The van der Waals surface area contributed by atoms with Crippen molar-refractivity contribution in [3.63, 3.8) is 0 Å². The molecule has 18 heavy (non-hydrogen) atoms. The van der Waals surface area contributed by atoms with E-state index in [9.17, 15) is 5.11 Å². The smallest absolute Gasteiger partial charge is 0.121 e. The predicted molar refractivity (Wildman–Crippen MR) is 70.8 cm³/mol. The Labute approximate surface area is 107 Å². The second kappa shape index (κ2) is 5.19. The molecule has 0 aliphatic rings. The van der Waals surface area contributed by atoms with E-state index in [1.54, 1.807) is 13.3 Å². The molecular formula is C15H17NO2. The topological polar surface area (TPSA) is 42.4 Å². The number of nitrogens with zero attached hydrogens (tertiary/aromatic N) is 1. The minimum atomic E-state index is -0.698. The van der Waals surface area contributed by atoms with Crippen LogP contribution in [0.3, 0.4) is 0 Å². The van der Waals surface area contributed by atoms with Gasteiger partial charge in [-0.05, 0) is 48.7 Å². The van der Waals surface area contributed by atoms with E-state index >= 15 is 0 Å². The lowest BCUT2D eigenvalue weighted by molar-refractivity contribution is 0.214. The third-order valence-corrected chi connectivity index (χ3v) is 3.20. The highest BCUT2D eigenvalue weighted by Gasteiger charge is 2.15. The van der Waals surface area contributed by atoms with Crippen LogP contribution in [0.4, 0.5) is 0 Å². The van der Waals surface area contributed by atoms with Gasteiger partial charge in [-0.3, -0.25) is 4.98 Å². The van der Waals surface area contributed by atoms with Gasteiger partial charge in [-0.15, -0.1) is 0 Å². The Hall–Kier alpha value is -1.87. The molecule has 0 amide bonds. The van der Waals surface area contributed by atoms with Crippen LogP contribution in [0.25, 0.3) is 0 Å². The van der Waals surface area contributed by atoms with Crippen molar-refractivity contribution in [3.05, 3.63) is 58.9 Å². The Morgan fingerprint density at radius 2 is 1.78 bits per heavy atom. The van der Waals surface area contributed by atoms with Crippen LogP contribution in [0.15, 0.2) is 36.5 Å². The molecule has 1 aromatic carbocycles. The lowest BCUT2D eigenvalue weighted by Gasteiger charge is -2.14. The van der Waals surface area contributed by atoms with Gasteiger partial charge in [0.15, 0.2) is 0 Å². The number of methoxy groups -OCH3 is 1. The van der Waals surface area contributed by atoms with E-state index < -0.39 is 6.10 Å². The fraction of sp³-hybridized carbons (Fsp3) is 0.267. The van der Waals surface area contributed by atoms with Crippen LogP contribution < -0.4 is 4.74 Å². The monoisotopic (exact) mass is 243 g/mol. The summed E-state index contributed by atoms with van der Waals surface area (Å²) < 4.78 is 5.10. The van der Waals surface area contributed by atoms with Crippen molar-refractivity contribution >= 4 is 0 Å². The number of hydrogen-bond donors (Lipinski definition) is 1. The van der Waals surface area contributed by atoms with Gasteiger partial charge in [0, 0.05) is 6.20 Å². The zero-order chi connectivity index (χ0) is 13.1. The molecule has 1 N–H and O–H groups in total. The van der Waals surface area contributed by atoms with Crippen LogP contribution >= 0.6 is 0 Å². The molecule has 1 unspecified atom stereocenters. The van der Waals surface area contributed by atoms with Gasteiger partial charge >= 0.3 is 0 Å². The minimum absolute atomic E-state index is 0.698. The standard InChI is InChI=1S/C15H17NO2/c1-10-8-9-16-14(11(10)2)15(17)12-4-6-13(18-3)7-5-12/h4-9,15,17H,1-3H3. The number of aliphatic hydroxyl groups is 1. The molecular weight excluding hydrogens is 226 g/mol. The summed E-state index contributed by atoms with van der Waals surface area (Å²) in [5, 5.41) is 10.4. The van der Waals surface area contributed by atoms with E-state index in [0.717, 1.165) is 22.4 Å². The van der Waals surface area contributed by atoms with E-state index in [2.05, 4.69) is 4.98 Å². The Morgan fingerprint density at radius 3 is 2.39 bits per heavy atom. The van der Waals surface area contributed by atoms with E-state index in [4.69, 9.17) is 4.74 Å². The highest BCUT2D eigenvalue weighted by atomic mass is 16.5. The predicted octanol–water partition coefficient (Wildman–Crippen LogP) is 2.79. The van der Waals surface area contributed by atoms with Crippen molar-refractivity contribution in [2.24, 2.45) is 0 Å². The third-order valence-electron chi connectivity index (χ3n) is 3.20. The van der Waals surface area contributed by atoms with Crippen LogP contribution in [0.5, 0.6) is 5.75 Å². The van der Waals surface area contributed by atoms with E-state index in [1.165, 1.54) is 0 Å². The quantitative estimate of drug-likeness (QED) is 0.901. The second-order valence-electron chi connectivity index (χ2n) is 4.31. The Morgan fingerprint density at radius 1 is 1.11 bits per heavy atom. The summed E-state index contributed by atoms with van der Waals surface area (Å²) >= 11 is 0. The number of benzene rings is 1. The number of aromatic nitrogens is 1. The zero-order valence-electron chi connectivity index (χ0n) is 10.8. The maximum atomic E-state index is 10.4. The number of aryl methyl sites for hydroxylation is 1. The summed E-state index contributed by atoms with van der Waals surface area (Å²) in [6, 6.07) is 9.33. The van der Waals surface area contributed by atoms with Gasteiger partial charge < -0.3 is 9.84 Å². The first-order valence-electron chi connectivity index (χ1n) is 5.87. The molecule has 94 valence electrons. The molecule has 2 aromatic rings. The fourth-order valence-corrected chi connectivity index (χ4v) is 1.87. The van der Waals surface area contributed by atoms with Crippen LogP contribution in [-0.4, -0.2) is 17.2 Å². The summed E-state index contributed by atoms with van der Waals surface area (Å²) in [5.41, 5.74) is 3.69. The lowest BCUT2D eigenvalue weighted by Crippen LogP contribution is -2.05. The van der Waals surface area contributed by atoms with E-state index in [0.29, 0.717) is 5.69 Å². The minimum Gasteiger partial charge on any atom is -0.497 e. The van der Waals surface area contributed by atoms with Gasteiger partial charge in [0.1, 0.15) is 11.9 Å². The molecule has 0 bridgehead atoms. The number of hydrogen-bond acceptors (Lipinski definition) is 3. The van der Waals surface area contributed by atoms with Gasteiger partial charge in [0.2, 0.25) is 0 Å². The first kappa shape index (κ1) is 12.6. The first-order valence-corrected chi connectivity index (χ1v) is 5.87. The van der Waals surface area contributed by atoms with Gasteiger partial charge in [-0.1, -0.05) is 12.1 Å². The number of ether oxygens (including phenoxy) is 1. The maximum absolute atomic E-state index is 10.4. The summed E-state index contributed by atoms with van der Waals surface area (Å²) in [7, 11) is 1.62. The largest absolute Gasteiger partial charge is 0.497 e. The highest BCUT2D eigenvalue weighted by Crippen LogP contribution is 2.25. The van der Waals surface area contributed by atoms with Crippen molar-refractivity contribution in [2.75, 3.05) is 7.11 Å². The van der Waals surface area contributed by atoms with Crippen molar-refractivity contribution in [2.45, 2.75) is 20.0 Å². The van der Waals surface area contributed by atoms with Gasteiger partial charge in [-0.25, -0.2) is 0 Å². The van der Waals surface area contributed by atoms with Crippen LogP contribution in [0.1, 0.15) is 28.5 Å². The lowest BCUT2D eigenvalue weighted by atomic mass is 10.00. The molecule has 0 fully saturated rings. The molecule has 0 radical (unpaired) electrons. The van der Waals surface area contributed by atoms with E-state index in [-0.39, 0.29) is 0 Å². The number of aliphatic hydroxyl groups excluding tert-OH is 1. The SMILES string of the molecule is COc1ccc(C(O)c2nccc(C)c2C)cc1. The van der Waals surface area contributed by atoms with Gasteiger partial charge in [0.05, 0.1) is 12.8 Å². The molecule has 0 saturated carbocycles. The van der Waals surface area contributed by atoms with Crippen LogP contribution in [-0.2, 0) is 0 Å². The van der Waals surface area contributed by atoms with Crippen LogP contribution in [0, 0.1) is 13.8 Å². The molecule has 1 atom stereocenters. The van der Waals surface area contributed by atoms with E-state index in [1.807, 2.05) is 44.2 Å².